The van der Waals surface area contributed by atoms with E-state index in [2.05, 4.69) is 92.8 Å². The van der Waals surface area contributed by atoms with Crippen molar-refractivity contribution in [2.45, 2.75) is 200 Å². The first kappa shape index (κ1) is 58.2. The lowest BCUT2D eigenvalue weighted by Gasteiger charge is -2.19. The first-order valence-electron chi connectivity index (χ1n) is 24.1. The Labute approximate surface area is 373 Å². The molecule has 0 bridgehead atoms. The van der Waals surface area contributed by atoms with Crippen molar-refractivity contribution < 1.29 is 37.6 Å². The van der Waals surface area contributed by atoms with E-state index in [9.17, 15) is 19.0 Å². The van der Waals surface area contributed by atoms with Crippen LogP contribution in [0, 0.1) is 0 Å². The highest BCUT2D eigenvalue weighted by atomic mass is 31.2. The summed E-state index contributed by atoms with van der Waals surface area (Å²) in [5, 5.41) is 0. The third-order valence-electron chi connectivity index (χ3n) is 9.77. The Morgan fingerprint density at radius 1 is 0.508 bits per heavy atom. The van der Waals surface area contributed by atoms with Gasteiger partial charge in [-0.15, -0.1) is 0 Å². The number of rotatable bonds is 44. The first-order valence-corrected chi connectivity index (χ1v) is 25.6. The number of carbonyl (C=O) groups is 2. The van der Waals surface area contributed by atoms with Gasteiger partial charge in [0.1, 0.15) is 6.61 Å². The van der Waals surface area contributed by atoms with Gasteiger partial charge in [0.2, 0.25) is 0 Å². The van der Waals surface area contributed by atoms with Gasteiger partial charge in [-0.3, -0.25) is 18.6 Å². The second-order valence-electron chi connectivity index (χ2n) is 15.6. The lowest BCUT2D eigenvalue weighted by molar-refractivity contribution is -0.161. The van der Waals surface area contributed by atoms with E-state index < -0.39 is 32.5 Å². The molecule has 0 aliphatic carbocycles. The predicted octanol–water partition coefficient (Wildman–Crippen LogP) is 14.4. The van der Waals surface area contributed by atoms with Gasteiger partial charge in [0, 0.05) is 19.4 Å². The molecule has 0 rings (SSSR count). The van der Waals surface area contributed by atoms with Crippen molar-refractivity contribution in [2.24, 2.45) is 5.73 Å². The normalized spacial score (nSPS) is 14.0. The van der Waals surface area contributed by atoms with Crippen molar-refractivity contribution in [1.82, 2.24) is 0 Å². The quantitative estimate of drug-likeness (QED) is 0.0265. The molecule has 0 heterocycles. The molecule has 2 unspecified atom stereocenters. The summed E-state index contributed by atoms with van der Waals surface area (Å²) in [5.41, 5.74) is 5.35. The Morgan fingerprint density at radius 3 is 1.39 bits per heavy atom. The first-order chi connectivity index (χ1) is 29.8. The highest BCUT2D eigenvalue weighted by Crippen LogP contribution is 2.43. The van der Waals surface area contributed by atoms with Crippen molar-refractivity contribution in [2.75, 3.05) is 26.4 Å². The fraction of sp³-hybridized carbons (Fsp3) is 0.686. The minimum absolute atomic E-state index is 0.0401. The van der Waals surface area contributed by atoms with E-state index in [1.807, 2.05) is 6.08 Å². The Morgan fingerprint density at radius 2 is 0.918 bits per heavy atom. The Bertz CT molecular complexity index is 1270. The summed E-state index contributed by atoms with van der Waals surface area (Å²) in [5.74, 6) is -0.903. The molecule has 9 nitrogen and oxygen atoms in total. The zero-order valence-electron chi connectivity index (χ0n) is 38.6. The summed E-state index contributed by atoms with van der Waals surface area (Å²) in [6.07, 6.45) is 59.1. The minimum Gasteiger partial charge on any atom is -0.462 e. The largest absolute Gasteiger partial charge is 0.472 e. The summed E-state index contributed by atoms with van der Waals surface area (Å²) < 4.78 is 32.8. The average molecular weight is 874 g/mol. The molecule has 0 fully saturated rings. The zero-order chi connectivity index (χ0) is 44.6. The summed E-state index contributed by atoms with van der Waals surface area (Å²) in [7, 11) is -4.40. The molecule has 0 saturated heterocycles. The molecule has 350 valence electrons. The van der Waals surface area contributed by atoms with Crippen LogP contribution in [0.1, 0.15) is 194 Å². The number of allylic oxidation sites excluding steroid dienone is 14. The molecule has 0 saturated carbocycles. The molecule has 0 spiro atoms. The molecular formula is C51H88NO8P. The summed E-state index contributed by atoms with van der Waals surface area (Å²) in [6, 6.07) is 0. The maximum absolute atomic E-state index is 12.6. The van der Waals surface area contributed by atoms with Crippen LogP contribution in [0.2, 0.25) is 0 Å². The Kier molecular flexibility index (Phi) is 44.5. The van der Waals surface area contributed by atoms with Gasteiger partial charge in [-0.2, -0.15) is 0 Å². The molecule has 0 aliphatic heterocycles. The zero-order valence-corrected chi connectivity index (χ0v) is 39.5. The second kappa shape index (κ2) is 46.7. The van der Waals surface area contributed by atoms with E-state index in [4.69, 9.17) is 24.3 Å². The van der Waals surface area contributed by atoms with Gasteiger partial charge in [0.05, 0.1) is 13.2 Å². The topological polar surface area (TPSA) is 134 Å². The third-order valence-corrected chi connectivity index (χ3v) is 10.7. The maximum atomic E-state index is 12.6. The van der Waals surface area contributed by atoms with Gasteiger partial charge >= 0.3 is 19.8 Å². The molecule has 3 N–H and O–H groups in total. The van der Waals surface area contributed by atoms with Crippen LogP contribution in [0.25, 0.3) is 0 Å². The monoisotopic (exact) mass is 874 g/mol. The molecule has 10 heteroatoms. The number of phosphoric ester groups is 1. The van der Waals surface area contributed by atoms with Gasteiger partial charge in [0.15, 0.2) is 6.10 Å². The number of ether oxygens (including phenoxy) is 2. The minimum atomic E-state index is -4.40. The average Bonchev–Trinajstić information content (AvgIpc) is 3.25. The van der Waals surface area contributed by atoms with Gasteiger partial charge in [-0.05, 0) is 83.5 Å². The van der Waals surface area contributed by atoms with E-state index in [0.717, 1.165) is 64.2 Å². The van der Waals surface area contributed by atoms with Crippen molar-refractivity contribution >= 4 is 19.8 Å². The van der Waals surface area contributed by atoms with Crippen LogP contribution in [0.4, 0.5) is 0 Å². The lowest BCUT2D eigenvalue weighted by Crippen LogP contribution is -2.29. The lowest BCUT2D eigenvalue weighted by atomic mass is 10.0. The maximum Gasteiger partial charge on any atom is 0.472 e. The number of unbranched alkanes of at least 4 members (excludes halogenated alkanes) is 17. The molecule has 0 aromatic carbocycles. The summed E-state index contributed by atoms with van der Waals surface area (Å²) in [6.45, 7) is 3.54. The molecule has 2 atom stereocenters. The molecule has 0 aromatic heterocycles. The van der Waals surface area contributed by atoms with Gasteiger partial charge in [-0.25, -0.2) is 4.57 Å². The van der Waals surface area contributed by atoms with Gasteiger partial charge < -0.3 is 20.1 Å². The summed E-state index contributed by atoms with van der Waals surface area (Å²) >= 11 is 0. The van der Waals surface area contributed by atoms with Crippen molar-refractivity contribution in [3.63, 3.8) is 0 Å². The van der Waals surface area contributed by atoms with E-state index in [-0.39, 0.29) is 32.6 Å². The number of phosphoric acid groups is 1. The number of carbonyl (C=O) groups excluding carboxylic acids is 2. The van der Waals surface area contributed by atoms with Crippen LogP contribution in [0.15, 0.2) is 85.1 Å². The number of hydrogen-bond acceptors (Lipinski definition) is 8. The van der Waals surface area contributed by atoms with Crippen LogP contribution in [0.5, 0.6) is 0 Å². The van der Waals surface area contributed by atoms with Crippen molar-refractivity contribution in [3.05, 3.63) is 85.1 Å². The Hall–Kier alpha value is -2.81. The third kappa shape index (κ3) is 46.5. The van der Waals surface area contributed by atoms with E-state index in [1.54, 1.807) is 0 Å². The fourth-order valence-corrected chi connectivity index (χ4v) is 6.99. The summed E-state index contributed by atoms with van der Waals surface area (Å²) in [4.78, 5) is 35.0. The SMILES string of the molecule is CC/C=C\C/C=C\C/C=C\C/C=C\C/C=C\CCCC(=O)OC(COC(=O)CCCCCCCCCCCCC/C=C\C/C=C\CCCCCCC)COP(=O)(O)OCCN. The van der Waals surface area contributed by atoms with E-state index in [0.29, 0.717) is 12.8 Å². The molecule has 0 aliphatic rings. The van der Waals surface area contributed by atoms with Crippen molar-refractivity contribution in [3.8, 4) is 0 Å². The smallest absolute Gasteiger partial charge is 0.462 e. The number of nitrogens with two attached hydrogens (primary N) is 1. The second-order valence-corrected chi connectivity index (χ2v) is 17.0. The van der Waals surface area contributed by atoms with Gasteiger partial charge in [-0.1, -0.05) is 182 Å². The van der Waals surface area contributed by atoms with Crippen LogP contribution < -0.4 is 5.73 Å². The van der Waals surface area contributed by atoms with Crippen LogP contribution in [-0.2, 0) is 32.7 Å². The molecule has 0 radical (unpaired) electrons. The fourth-order valence-electron chi connectivity index (χ4n) is 6.23. The Balaban J connectivity index is 4.15. The molecule has 0 aromatic rings. The number of esters is 2. The van der Waals surface area contributed by atoms with Crippen LogP contribution >= 0.6 is 7.82 Å². The van der Waals surface area contributed by atoms with E-state index >= 15 is 0 Å². The molecular weight excluding hydrogens is 786 g/mol. The predicted molar refractivity (Wildman–Crippen MR) is 256 cm³/mol. The van der Waals surface area contributed by atoms with E-state index in [1.165, 1.54) is 89.9 Å². The molecule has 0 amide bonds. The highest BCUT2D eigenvalue weighted by Gasteiger charge is 2.26. The van der Waals surface area contributed by atoms with Gasteiger partial charge in [0.25, 0.3) is 0 Å². The molecule has 61 heavy (non-hydrogen) atoms. The van der Waals surface area contributed by atoms with Crippen molar-refractivity contribution in [1.29, 1.82) is 0 Å². The number of hydrogen-bond donors (Lipinski definition) is 2. The standard InChI is InChI=1S/C51H88NO8P/c1-3-5-7-9-11-13-15-17-19-21-22-23-24-25-26-28-29-31-33-35-37-39-41-43-50(53)57-47-49(48-59-61(55,56)58-46-45-52)60-51(54)44-42-40-38-36-34-32-30-27-20-18-16-14-12-10-8-6-4-2/h6,8,12,14-15,17-18,20-22,30,32,36,38,49H,3-5,7,9-11,13,16,19,23-29,31,33-35,37,39-48,52H2,1-2H3,(H,55,56)/b8-6-,14-12-,17-15-,20-18-,22-21-,32-30-,38-36-. The van der Waals surface area contributed by atoms with Crippen LogP contribution in [-0.4, -0.2) is 49.3 Å². The highest BCUT2D eigenvalue weighted by molar-refractivity contribution is 7.47. The van der Waals surface area contributed by atoms with Crippen LogP contribution in [0.3, 0.4) is 0 Å².